The first-order valence-electron chi connectivity index (χ1n) is 34.6. The highest BCUT2D eigenvalue weighted by Gasteiger charge is 2.35. The average molecular weight is 1460 g/mol. The molecule has 4 heterocycles. The first-order chi connectivity index (χ1) is 46.7. The molecule has 6 atom stereocenters. The Labute approximate surface area is 605 Å². The fourth-order valence-electron chi connectivity index (χ4n) is 12.3. The molecule has 6 amide bonds. The molecule has 0 spiro atoms. The van der Waals surface area contributed by atoms with E-state index in [0.717, 1.165) is 101 Å². The van der Waals surface area contributed by atoms with Crippen molar-refractivity contribution in [3.05, 3.63) is 149 Å². The first kappa shape index (κ1) is 80.7. The molecule has 4 fully saturated rings. The van der Waals surface area contributed by atoms with Crippen LogP contribution in [0.25, 0.3) is 12.2 Å². The van der Waals surface area contributed by atoms with Gasteiger partial charge in [-0.25, -0.2) is 0 Å². The van der Waals surface area contributed by atoms with Crippen LogP contribution in [0, 0.1) is 11.8 Å². The molecule has 0 saturated carbocycles. The van der Waals surface area contributed by atoms with E-state index in [2.05, 4.69) is 64.5 Å². The van der Waals surface area contributed by atoms with Crippen molar-refractivity contribution in [2.75, 3.05) is 85.1 Å². The van der Waals surface area contributed by atoms with Crippen LogP contribution < -0.4 is 43.4 Å². The highest BCUT2D eigenvalue weighted by atomic mass is 35.5. The van der Waals surface area contributed by atoms with E-state index in [9.17, 15) is 28.8 Å². The summed E-state index contributed by atoms with van der Waals surface area (Å²) in [6.45, 7) is 17.9. The van der Waals surface area contributed by atoms with E-state index in [-0.39, 0.29) is 71.7 Å². The predicted molar refractivity (Wildman–Crippen MR) is 397 cm³/mol. The topological polar surface area (TPSA) is 240 Å². The monoisotopic (exact) mass is 1450 g/mol. The normalized spacial score (nSPS) is 20.4. The molecule has 4 aromatic rings. The zero-order chi connectivity index (χ0) is 70.2. The van der Waals surface area contributed by atoms with Gasteiger partial charge >= 0.3 is 0 Å². The number of hydrogen-bond donors (Lipinski definition) is 8. The third-order valence-corrected chi connectivity index (χ3v) is 20.0. The molecule has 0 aromatic heterocycles. The SMILES string of the molecule is CCC(CC)CN1CC[C@@H](CNC(=O)/C=C/c2ccc(Cl)cc2)N[C@@H](CCN)C1=O.CCC(CC)CN1CC[C@@H](CNC(=O)c2ccc(Cl)c(Cl)c2)N[C@@H](CCN)C1=O.O=C(/C=C/c1ccc(Cl)cc1)NC[C@@H]1CCN(Cc2cc(Cl)cc(Cl)c2)C(=O)[C@H](CCN2CCCCC2)N1. The summed E-state index contributed by atoms with van der Waals surface area (Å²) in [7, 11) is 0. The molecular weight excluding hydrogens is 1350 g/mol. The number of carbonyl (C=O) groups excluding carboxylic acids is 6. The summed E-state index contributed by atoms with van der Waals surface area (Å²) in [6, 6.07) is 23.9. The fraction of sp³-hybridized carbons (Fsp3) is 0.534. The quantitative estimate of drug-likeness (QED) is 0.0248. The van der Waals surface area contributed by atoms with Crippen molar-refractivity contribution < 1.29 is 28.8 Å². The number of amides is 6. The number of benzene rings is 4. The summed E-state index contributed by atoms with van der Waals surface area (Å²) in [5.74, 6) is 0.786. The van der Waals surface area contributed by atoms with Gasteiger partial charge in [0.15, 0.2) is 0 Å². The Morgan fingerprint density at radius 3 is 1.36 bits per heavy atom. The molecule has 4 aromatic carbocycles. The Balaban J connectivity index is 0.000000233. The number of likely N-dealkylation sites (tertiary alicyclic amines) is 1. The lowest BCUT2D eigenvalue weighted by Crippen LogP contribution is -2.50. The molecule has 8 rings (SSSR count). The summed E-state index contributed by atoms with van der Waals surface area (Å²) in [6.07, 6.45) is 18.7. The van der Waals surface area contributed by atoms with E-state index in [1.165, 1.54) is 31.4 Å². The highest BCUT2D eigenvalue weighted by Crippen LogP contribution is 2.25. The van der Waals surface area contributed by atoms with Gasteiger partial charge in [-0.15, -0.1) is 0 Å². The van der Waals surface area contributed by atoms with Gasteiger partial charge in [-0.2, -0.15) is 0 Å². The van der Waals surface area contributed by atoms with Gasteiger partial charge in [-0.05, 0) is 179 Å². The number of carbonyl (C=O) groups is 6. The summed E-state index contributed by atoms with van der Waals surface area (Å²) in [5.41, 5.74) is 14.7. The number of halogens is 6. The van der Waals surface area contributed by atoms with Crippen molar-refractivity contribution in [2.45, 2.75) is 154 Å². The van der Waals surface area contributed by atoms with Crippen LogP contribution in [0.2, 0.25) is 30.1 Å². The Morgan fingerprint density at radius 2 is 0.928 bits per heavy atom. The molecule has 18 nitrogen and oxygen atoms in total. The van der Waals surface area contributed by atoms with Crippen LogP contribution in [0.3, 0.4) is 0 Å². The maximum Gasteiger partial charge on any atom is 0.251 e. The Hall–Kier alpha value is -5.32. The lowest BCUT2D eigenvalue weighted by molar-refractivity contribution is -0.134. The van der Waals surface area contributed by atoms with Gasteiger partial charge in [0, 0.05) is 121 Å². The summed E-state index contributed by atoms with van der Waals surface area (Å²) < 4.78 is 0. The summed E-state index contributed by atoms with van der Waals surface area (Å²) in [4.78, 5) is 85.0. The van der Waals surface area contributed by atoms with Crippen LogP contribution in [0.4, 0.5) is 0 Å². The molecule has 0 bridgehead atoms. The maximum atomic E-state index is 13.6. The fourth-order valence-corrected chi connectivity index (χ4v) is 13.5. The molecule has 0 aliphatic carbocycles. The van der Waals surface area contributed by atoms with Crippen LogP contribution >= 0.6 is 69.6 Å². The number of nitrogens with one attached hydrogen (secondary N) is 6. The average Bonchev–Trinajstić information content (AvgIpc) is 1.88. The van der Waals surface area contributed by atoms with Crippen molar-refractivity contribution >= 4 is 117 Å². The van der Waals surface area contributed by atoms with Crippen LogP contribution in [-0.4, -0.2) is 176 Å². The van der Waals surface area contributed by atoms with Crippen molar-refractivity contribution in [1.82, 2.24) is 51.5 Å². The van der Waals surface area contributed by atoms with Gasteiger partial charge in [0.25, 0.3) is 5.91 Å². The second kappa shape index (κ2) is 43.4. The molecule has 10 N–H and O–H groups in total. The number of nitrogens with two attached hydrogens (primary N) is 2. The molecule has 24 heteroatoms. The van der Waals surface area contributed by atoms with Crippen LogP contribution in [-0.2, 0) is 30.5 Å². The van der Waals surface area contributed by atoms with Crippen molar-refractivity contribution in [3.8, 4) is 0 Å². The van der Waals surface area contributed by atoms with Gasteiger partial charge in [-0.1, -0.05) is 154 Å². The minimum atomic E-state index is -0.319. The summed E-state index contributed by atoms with van der Waals surface area (Å²) in [5, 5.41) is 22.4. The second-order valence-electron chi connectivity index (χ2n) is 25.5. The number of rotatable bonds is 28. The van der Waals surface area contributed by atoms with Gasteiger partial charge in [0.2, 0.25) is 29.5 Å². The van der Waals surface area contributed by atoms with Crippen LogP contribution in [0.5, 0.6) is 0 Å². The lowest BCUT2D eigenvalue weighted by atomic mass is 10.0. The zero-order valence-electron chi connectivity index (χ0n) is 56.8. The zero-order valence-corrected chi connectivity index (χ0v) is 61.3. The lowest BCUT2D eigenvalue weighted by Gasteiger charge is -2.30. The van der Waals surface area contributed by atoms with Gasteiger partial charge in [0.1, 0.15) is 0 Å². The van der Waals surface area contributed by atoms with E-state index in [0.29, 0.717) is 119 Å². The minimum Gasteiger partial charge on any atom is -0.351 e. The van der Waals surface area contributed by atoms with E-state index in [4.69, 9.17) is 81.1 Å². The number of hydrogen-bond acceptors (Lipinski definition) is 12. The van der Waals surface area contributed by atoms with E-state index >= 15 is 0 Å². The van der Waals surface area contributed by atoms with E-state index in [1.807, 2.05) is 51.1 Å². The Bertz CT molecular complexity index is 3150. The highest BCUT2D eigenvalue weighted by molar-refractivity contribution is 6.42. The molecule has 4 saturated heterocycles. The third kappa shape index (κ3) is 28.3. The third-order valence-electron chi connectivity index (χ3n) is 18.4. The number of nitrogens with zero attached hydrogens (tertiary/aromatic N) is 4. The Morgan fingerprint density at radius 1 is 0.505 bits per heavy atom. The second-order valence-corrected chi connectivity index (χ2v) is 28.1. The largest absolute Gasteiger partial charge is 0.351 e. The van der Waals surface area contributed by atoms with Crippen LogP contribution in [0.15, 0.2) is 97.1 Å². The molecule has 4 aliphatic rings. The van der Waals surface area contributed by atoms with Crippen molar-refractivity contribution in [1.29, 1.82) is 0 Å². The van der Waals surface area contributed by atoms with Gasteiger partial charge in [-0.3, -0.25) is 28.8 Å². The maximum absolute atomic E-state index is 13.6. The smallest absolute Gasteiger partial charge is 0.251 e. The van der Waals surface area contributed by atoms with Crippen LogP contribution in [0.1, 0.15) is 138 Å². The van der Waals surface area contributed by atoms with Gasteiger partial charge < -0.3 is 63.0 Å². The van der Waals surface area contributed by atoms with E-state index in [1.54, 1.807) is 60.7 Å². The van der Waals surface area contributed by atoms with Crippen molar-refractivity contribution in [2.24, 2.45) is 23.3 Å². The first-order valence-corrected chi connectivity index (χ1v) is 36.9. The summed E-state index contributed by atoms with van der Waals surface area (Å²) >= 11 is 36.1. The predicted octanol–water partition coefficient (Wildman–Crippen LogP) is 11.3. The molecule has 532 valence electrons. The molecule has 4 aliphatic heterocycles. The molecule has 0 radical (unpaired) electrons. The minimum absolute atomic E-state index is 0.00562. The molecular formula is C73H102Cl6N12O6. The standard InChI is InChI=1S/C29H35Cl3N4O2.C23H35ClN4O2.C21H32Cl2N4O2/c30-23-7-4-21(5-8-23)6-9-28(37)33-19-26-10-15-36(20-22-16-24(31)18-25(32)17-22)29(38)27(34-26)11-14-35-12-2-1-3-13-35;1-3-17(4-2)16-28-14-12-20(27-21(11-13-25)23(28)30)15-26-22(29)10-7-18-5-8-19(24)9-6-18;1-3-14(4-2)13-27-10-8-16(26-19(7-9-24)21(27)29)12-25-20(28)15-5-6-17(22)18(23)11-15/h4-9,16-18,26-27,34H,1-3,10-15,19-20H2,(H,33,37);5-10,17,20-21,27H,3-4,11-16,25H2,1-2H3,(H,26,29);5-6,11,14,16,19,26H,3-4,7-10,12-13,24H2,1-2H3,(H,25,28)/b9-6+;10-7+;/t26-,27-;20-,21-;16-,19-/m000/s1. The van der Waals surface area contributed by atoms with E-state index < -0.39 is 0 Å². The molecule has 97 heavy (non-hydrogen) atoms. The van der Waals surface area contributed by atoms with Crippen molar-refractivity contribution in [3.63, 3.8) is 0 Å². The molecule has 0 unspecified atom stereocenters. The Kier molecular flexibility index (Phi) is 36.1. The number of piperidine rings is 1. The van der Waals surface area contributed by atoms with Gasteiger partial charge in [0.05, 0.1) is 28.2 Å².